The number of nitrogens with zero attached hydrogens (tertiary/aromatic N) is 1. The molecule has 8 heteroatoms. The number of amides is 3. The summed E-state index contributed by atoms with van der Waals surface area (Å²) in [5, 5.41) is 5.72. The summed E-state index contributed by atoms with van der Waals surface area (Å²) in [6, 6.07) is 4.51. The third-order valence-corrected chi connectivity index (χ3v) is 6.21. The molecular formula is C20H25Cl2N3O3. The van der Waals surface area contributed by atoms with E-state index >= 15 is 0 Å². The van der Waals surface area contributed by atoms with Crippen molar-refractivity contribution < 1.29 is 14.4 Å². The first kappa shape index (κ1) is 20.9. The van der Waals surface area contributed by atoms with Gasteiger partial charge in [-0.05, 0) is 42.9 Å². The van der Waals surface area contributed by atoms with Crippen LogP contribution in [0.15, 0.2) is 18.2 Å². The Hall–Kier alpha value is -1.79. The van der Waals surface area contributed by atoms with Crippen LogP contribution in [0.4, 0.5) is 0 Å². The van der Waals surface area contributed by atoms with Gasteiger partial charge in [-0.15, -0.1) is 0 Å². The van der Waals surface area contributed by atoms with Gasteiger partial charge in [-0.25, -0.2) is 0 Å². The molecule has 2 atom stereocenters. The highest BCUT2D eigenvalue weighted by molar-refractivity contribution is 6.36. The Balaban J connectivity index is 1.40. The molecule has 0 bridgehead atoms. The van der Waals surface area contributed by atoms with Crippen molar-refractivity contribution in [3.8, 4) is 0 Å². The van der Waals surface area contributed by atoms with Crippen LogP contribution in [0.1, 0.15) is 42.5 Å². The van der Waals surface area contributed by atoms with Crippen molar-refractivity contribution >= 4 is 40.9 Å². The van der Waals surface area contributed by atoms with Crippen LogP contribution in [0, 0.1) is 11.8 Å². The van der Waals surface area contributed by atoms with Crippen LogP contribution in [0.3, 0.4) is 0 Å². The minimum Gasteiger partial charge on any atom is -0.345 e. The first-order valence-corrected chi connectivity index (χ1v) is 10.5. The molecule has 152 valence electrons. The Kier molecular flexibility index (Phi) is 7.18. The van der Waals surface area contributed by atoms with Gasteiger partial charge in [-0.3, -0.25) is 14.4 Å². The summed E-state index contributed by atoms with van der Waals surface area (Å²) in [7, 11) is 0. The zero-order valence-electron chi connectivity index (χ0n) is 15.7. The lowest BCUT2D eigenvalue weighted by atomic mass is 9.75. The van der Waals surface area contributed by atoms with Crippen molar-refractivity contribution in [2.45, 2.75) is 32.1 Å². The van der Waals surface area contributed by atoms with Gasteiger partial charge in [0.1, 0.15) is 0 Å². The molecule has 6 nitrogen and oxygen atoms in total. The zero-order valence-corrected chi connectivity index (χ0v) is 17.2. The van der Waals surface area contributed by atoms with E-state index in [1.165, 1.54) is 37.8 Å². The predicted octanol–water partition coefficient (Wildman–Crippen LogP) is 2.88. The topological polar surface area (TPSA) is 78.5 Å². The van der Waals surface area contributed by atoms with Crippen molar-refractivity contribution in [1.82, 2.24) is 15.5 Å². The molecular weight excluding hydrogens is 401 g/mol. The molecule has 1 saturated carbocycles. The summed E-state index contributed by atoms with van der Waals surface area (Å²) in [5.74, 6) is 0.402. The third kappa shape index (κ3) is 5.39. The molecule has 2 fully saturated rings. The third-order valence-electron chi connectivity index (χ3n) is 5.67. The Morgan fingerprint density at radius 2 is 1.75 bits per heavy atom. The molecule has 1 aromatic rings. The number of halogens is 2. The molecule has 1 heterocycles. The van der Waals surface area contributed by atoms with E-state index < -0.39 is 11.8 Å². The van der Waals surface area contributed by atoms with Crippen LogP contribution in [0.25, 0.3) is 0 Å². The second-order valence-electron chi connectivity index (χ2n) is 7.52. The number of nitrogens with one attached hydrogen (secondary N) is 2. The van der Waals surface area contributed by atoms with Gasteiger partial charge in [-0.1, -0.05) is 42.5 Å². The van der Waals surface area contributed by atoms with Crippen LogP contribution in [0.2, 0.25) is 10.0 Å². The highest BCUT2D eigenvalue weighted by Crippen LogP contribution is 2.35. The highest BCUT2D eigenvalue weighted by Gasteiger charge is 2.32. The Labute approximate surface area is 174 Å². The van der Waals surface area contributed by atoms with Crippen molar-refractivity contribution in [3.05, 3.63) is 33.8 Å². The van der Waals surface area contributed by atoms with Gasteiger partial charge in [0, 0.05) is 18.1 Å². The number of benzene rings is 1. The summed E-state index contributed by atoms with van der Waals surface area (Å²) >= 11 is 11.8. The minimum atomic E-state index is -0.470. The largest absolute Gasteiger partial charge is 0.345 e. The van der Waals surface area contributed by atoms with Crippen LogP contribution < -0.4 is 10.6 Å². The van der Waals surface area contributed by atoms with Gasteiger partial charge >= 0.3 is 0 Å². The molecule has 2 aliphatic rings. The van der Waals surface area contributed by atoms with Crippen LogP contribution >= 0.6 is 23.2 Å². The van der Waals surface area contributed by atoms with Gasteiger partial charge in [0.2, 0.25) is 11.8 Å². The van der Waals surface area contributed by atoms with E-state index in [9.17, 15) is 14.4 Å². The van der Waals surface area contributed by atoms with E-state index in [-0.39, 0.29) is 29.6 Å². The lowest BCUT2D eigenvalue weighted by molar-refractivity contribution is -0.135. The molecule has 0 unspecified atom stereocenters. The highest BCUT2D eigenvalue weighted by atomic mass is 35.5. The Morgan fingerprint density at radius 3 is 2.50 bits per heavy atom. The van der Waals surface area contributed by atoms with Crippen molar-refractivity contribution in [2.24, 2.45) is 11.8 Å². The van der Waals surface area contributed by atoms with Gasteiger partial charge in [-0.2, -0.15) is 0 Å². The molecule has 1 aromatic carbocycles. The summed E-state index contributed by atoms with van der Waals surface area (Å²) in [4.78, 5) is 38.4. The molecule has 1 aliphatic carbocycles. The summed E-state index contributed by atoms with van der Waals surface area (Å²) in [6.07, 6.45) is 6.08. The average Bonchev–Trinajstić information content (AvgIpc) is 2.69. The lowest BCUT2D eigenvalue weighted by Crippen LogP contribution is -2.49. The molecule has 3 amide bonds. The number of rotatable bonds is 5. The Bertz CT molecular complexity index is 756. The fourth-order valence-corrected chi connectivity index (χ4v) is 4.60. The van der Waals surface area contributed by atoms with Crippen molar-refractivity contribution in [3.63, 3.8) is 0 Å². The molecule has 2 N–H and O–H groups in total. The average molecular weight is 426 g/mol. The van der Waals surface area contributed by atoms with E-state index in [1.54, 1.807) is 6.07 Å². The van der Waals surface area contributed by atoms with Gasteiger partial charge < -0.3 is 15.5 Å². The van der Waals surface area contributed by atoms with Gasteiger partial charge in [0.05, 0.1) is 23.7 Å². The minimum absolute atomic E-state index is 0.0478. The first-order valence-electron chi connectivity index (χ1n) is 9.71. The number of hydrogen-bond donors (Lipinski definition) is 2. The standard InChI is InChI=1S/C20H25Cl2N3O3/c21-15-5-6-16(17(22)9-15)20(28)24-10-18(26)23-11-19(27)25-8-7-13-3-1-2-4-14(13)12-25/h5-6,9,13-14H,1-4,7-8,10-12H2,(H,23,26)(H,24,28)/t13-,14+/m0/s1. The molecule has 0 aromatic heterocycles. The lowest BCUT2D eigenvalue weighted by Gasteiger charge is -2.41. The number of piperidine rings is 1. The number of carbonyl (C=O) groups is 3. The summed E-state index contributed by atoms with van der Waals surface area (Å²) in [5.41, 5.74) is 0.241. The van der Waals surface area contributed by atoms with E-state index in [4.69, 9.17) is 23.2 Å². The van der Waals surface area contributed by atoms with Crippen LogP contribution in [-0.2, 0) is 9.59 Å². The molecule has 1 aliphatic heterocycles. The van der Waals surface area contributed by atoms with Crippen molar-refractivity contribution in [2.75, 3.05) is 26.2 Å². The number of carbonyl (C=O) groups excluding carboxylic acids is 3. The molecule has 1 saturated heterocycles. The molecule has 3 rings (SSSR count). The van der Waals surface area contributed by atoms with Crippen LogP contribution in [-0.4, -0.2) is 48.8 Å². The normalized spacial score (nSPS) is 21.6. The number of fused-ring (bicyclic) bond motifs is 1. The Morgan fingerprint density at radius 1 is 1.00 bits per heavy atom. The van der Waals surface area contributed by atoms with Gasteiger partial charge in [0.15, 0.2) is 0 Å². The van der Waals surface area contributed by atoms with E-state index in [2.05, 4.69) is 10.6 Å². The van der Waals surface area contributed by atoms with Gasteiger partial charge in [0.25, 0.3) is 5.91 Å². The quantitative estimate of drug-likeness (QED) is 0.760. The maximum absolute atomic E-state index is 12.4. The maximum atomic E-state index is 12.4. The SMILES string of the molecule is O=C(CNC(=O)c1ccc(Cl)cc1Cl)NCC(=O)N1CC[C@@H]2CCCC[C@@H]2C1. The maximum Gasteiger partial charge on any atom is 0.253 e. The predicted molar refractivity (Wildman–Crippen MR) is 108 cm³/mol. The number of hydrogen-bond acceptors (Lipinski definition) is 3. The molecule has 0 radical (unpaired) electrons. The smallest absolute Gasteiger partial charge is 0.253 e. The number of likely N-dealkylation sites (tertiary alicyclic amines) is 1. The fourth-order valence-electron chi connectivity index (χ4n) is 4.11. The van der Waals surface area contributed by atoms with E-state index in [0.717, 1.165) is 25.4 Å². The monoisotopic (exact) mass is 425 g/mol. The second-order valence-corrected chi connectivity index (χ2v) is 8.36. The summed E-state index contributed by atoms with van der Waals surface area (Å²) < 4.78 is 0. The van der Waals surface area contributed by atoms with E-state index in [1.807, 2.05) is 4.90 Å². The van der Waals surface area contributed by atoms with Crippen molar-refractivity contribution in [1.29, 1.82) is 0 Å². The van der Waals surface area contributed by atoms with E-state index in [0.29, 0.717) is 10.9 Å². The molecule has 28 heavy (non-hydrogen) atoms. The summed E-state index contributed by atoms with van der Waals surface area (Å²) in [6.45, 7) is 1.29. The second kappa shape index (κ2) is 9.61. The zero-order chi connectivity index (χ0) is 20.1. The van der Waals surface area contributed by atoms with Crippen LogP contribution in [0.5, 0.6) is 0 Å². The first-order chi connectivity index (χ1) is 13.4. The fraction of sp³-hybridized carbons (Fsp3) is 0.550. The molecule has 0 spiro atoms.